The van der Waals surface area contributed by atoms with Crippen molar-refractivity contribution in [3.05, 3.63) is 65.7 Å². The lowest BCUT2D eigenvalue weighted by Crippen LogP contribution is -3.15. The second kappa shape index (κ2) is 7.08. The van der Waals surface area contributed by atoms with Gasteiger partial charge in [0.2, 0.25) is 5.78 Å². The molecule has 23 heavy (non-hydrogen) atoms. The minimum absolute atomic E-state index is 0.151. The Labute approximate surface area is 136 Å². The zero-order valence-electron chi connectivity index (χ0n) is 13.0. The average Bonchev–Trinajstić information content (AvgIpc) is 2.63. The first-order valence-corrected chi connectivity index (χ1v) is 7.93. The lowest BCUT2D eigenvalue weighted by atomic mass is 10.1. The molecule has 1 aliphatic heterocycles. The van der Waals surface area contributed by atoms with E-state index in [4.69, 9.17) is 5.26 Å². The summed E-state index contributed by atoms with van der Waals surface area (Å²) in [5.74, 6) is 0.151. The summed E-state index contributed by atoms with van der Waals surface area (Å²) in [4.78, 5) is 16.0. The minimum atomic E-state index is 0.151. The van der Waals surface area contributed by atoms with E-state index in [0.717, 1.165) is 26.2 Å². The molecule has 1 saturated heterocycles. The molecule has 1 heterocycles. The fraction of sp³-hybridized carbons (Fsp3) is 0.263. The monoisotopic (exact) mass is 306 g/mol. The van der Waals surface area contributed by atoms with Gasteiger partial charge in [-0.1, -0.05) is 18.2 Å². The Morgan fingerprint density at radius 2 is 1.70 bits per heavy atom. The van der Waals surface area contributed by atoms with E-state index in [-0.39, 0.29) is 5.78 Å². The van der Waals surface area contributed by atoms with Gasteiger partial charge in [0.1, 0.15) is 6.54 Å². The summed E-state index contributed by atoms with van der Waals surface area (Å²) in [6.45, 7) is 4.41. The highest BCUT2D eigenvalue weighted by atomic mass is 16.1. The van der Waals surface area contributed by atoms with E-state index in [1.807, 2.05) is 6.07 Å². The molecule has 0 saturated carbocycles. The van der Waals surface area contributed by atoms with Gasteiger partial charge in [-0.2, -0.15) is 5.26 Å². The van der Waals surface area contributed by atoms with Crippen molar-refractivity contribution < 1.29 is 9.69 Å². The van der Waals surface area contributed by atoms with Gasteiger partial charge in [-0.3, -0.25) is 4.79 Å². The summed E-state index contributed by atoms with van der Waals surface area (Å²) in [6.07, 6.45) is 0. The maximum absolute atomic E-state index is 12.3. The van der Waals surface area contributed by atoms with Gasteiger partial charge in [-0.15, -0.1) is 0 Å². The molecule has 0 atom stereocenters. The number of piperazine rings is 1. The fourth-order valence-electron chi connectivity index (χ4n) is 2.96. The first-order chi connectivity index (χ1) is 11.3. The van der Waals surface area contributed by atoms with Crippen LogP contribution in [0.5, 0.6) is 0 Å². The van der Waals surface area contributed by atoms with Crippen molar-refractivity contribution >= 4 is 11.5 Å². The molecule has 116 valence electrons. The molecule has 0 aromatic heterocycles. The summed E-state index contributed by atoms with van der Waals surface area (Å²) in [7, 11) is 0. The van der Waals surface area contributed by atoms with Gasteiger partial charge in [0.15, 0.2) is 0 Å². The topological polar surface area (TPSA) is 48.5 Å². The molecule has 0 amide bonds. The van der Waals surface area contributed by atoms with Crippen LogP contribution in [0.3, 0.4) is 0 Å². The van der Waals surface area contributed by atoms with Crippen molar-refractivity contribution in [3.8, 4) is 6.07 Å². The predicted octanol–water partition coefficient (Wildman–Crippen LogP) is 1.15. The van der Waals surface area contributed by atoms with Crippen LogP contribution >= 0.6 is 0 Å². The number of anilines is 1. The highest BCUT2D eigenvalue weighted by Gasteiger charge is 2.22. The predicted molar refractivity (Wildman–Crippen MR) is 89.7 cm³/mol. The van der Waals surface area contributed by atoms with E-state index in [0.29, 0.717) is 17.7 Å². The Hall–Kier alpha value is -2.64. The number of carbonyl (C=O) groups excluding carboxylic acids is 1. The number of carbonyl (C=O) groups is 1. The highest BCUT2D eigenvalue weighted by Crippen LogP contribution is 2.12. The largest absolute Gasteiger partial charge is 0.360 e. The Morgan fingerprint density at radius 3 is 2.30 bits per heavy atom. The lowest BCUT2D eigenvalue weighted by molar-refractivity contribution is -0.892. The van der Waals surface area contributed by atoms with Gasteiger partial charge in [-0.05, 0) is 36.4 Å². The normalized spacial score (nSPS) is 15.2. The lowest BCUT2D eigenvalue weighted by Gasteiger charge is -2.33. The quantitative estimate of drug-likeness (QED) is 0.862. The number of hydrogen-bond acceptors (Lipinski definition) is 3. The van der Waals surface area contributed by atoms with Crippen molar-refractivity contribution in [1.82, 2.24) is 0 Å². The van der Waals surface area contributed by atoms with Crippen LogP contribution in [-0.2, 0) is 0 Å². The third kappa shape index (κ3) is 3.77. The van der Waals surface area contributed by atoms with E-state index in [2.05, 4.69) is 35.2 Å². The fourth-order valence-corrected chi connectivity index (χ4v) is 2.96. The molecule has 3 rings (SSSR count). The van der Waals surface area contributed by atoms with Gasteiger partial charge >= 0.3 is 0 Å². The van der Waals surface area contributed by atoms with Crippen molar-refractivity contribution in [2.24, 2.45) is 0 Å². The molecule has 1 N–H and O–H groups in total. The molecular formula is C19H20N3O+. The van der Waals surface area contributed by atoms with E-state index in [1.165, 1.54) is 10.6 Å². The zero-order valence-corrected chi connectivity index (χ0v) is 13.0. The standard InChI is InChI=1S/C19H19N3O/c20-14-16-6-8-17(9-7-16)19(23)15-21-10-12-22(13-11-21)18-4-2-1-3-5-18/h1-9H,10-13,15H2/p+1. The first-order valence-electron chi connectivity index (χ1n) is 7.93. The van der Waals surface area contributed by atoms with E-state index >= 15 is 0 Å². The summed E-state index contributed by atoms with van der Waals surface area (Å²) in [6, 6.07) is 19.4. The Kier molecular flexibility index (Phi) is 4.70. The number of ketones is 1. The van der Waals surface area contributed by atoms with Crippen LogP contribution in [-0.4, -0.2) is 38.5 Å². The summed E-state index contributed by atoms with van der Waals surface area (Å²) < 4.78 is 0. The smallest absolute Gasteiger partial charge is 0.216 e. The van der Waals surface area contributed by atoms with Crippen LogP contribution in [0.15, 0.2) is 54.6 Å². The molecule has 0 unspecified atom stereocenters. The second-order valence-corrected chi connectivity index (χ2v) is 5.86. The Morgan fingerprint density at radius 1 is 1.04 bits per heavy atom. The van der Waals surface area contributed by atoms with Crippen LogP contribution in [0.4, 0.5) is 5.69 Å². The first kappa shape index (κ1) is 15.3. The minimum Gasteiger partial charge on any atom is -0.360 e. The number of benzene rings is 2. The van der Waals surface area contributed by atoms with Crippen molar-refractivity contribution in [1.29, 1.82) is 5.26 Å². The van der Waals surface area contributed by atoms with E-state index < -0.39 is 0 Å². The number of hydrogen-bond donors (Lipinski definition) is 1. The van der Waals surface area contributed by atoms with E-state index in [1.54, 1.807) is 24.3 Å². The molecule has 1 aliphatic rings. The van der Waals surface area contributed by atoms with E-state index in [9.17, 15) is 4.79 Å². The molecule has 2 aromatic rings. The third-order valence-corrected chi connectivity index (χ3v) is 4.34. The average molecular weight is 306 g/mol. The summed E-state index contributed by atoms with van der Waals surface area (Å²) in [5, 5.41) is 8.80. The van der Waals surface area contributed by atoms with Crippen LogP contribution in [0, 0.1) is 11.3 Å². The molecule has 1 fully saturated rings. The number of nitrogens with zero attached hydrogens (tertiary/aromatic N) is 2. The highest BCUT2D eigenvalue weighted by molar-refractivity contribution is 5.96. The number of rotatable bonds is 4. The number of nitriles is 1. The van der Waals surface area contributed by atoms with Gasteiger partial charge < -0.3 is 9.80 Å². The molecule has 0 bridgehead atoms. The molecule has 0 aliphatic carbocycles. The second-order valence-electron chi connectivity index (χ2n) is 5.86. The number of quaternary nitrogens is 1. The maximum Gasteiger partial charge on any atom is 0.216 e. The Balaban J connectivity index is 1.54. The third-order valence-electron chi connectivity index (χ3n) is 4.34. The SMILES string of the molecule is N#Cc1ccc(C(=O)C[NH+]2CCN(c3ccccc3)CC2)cc1. The van der Waals surface area contributed by atoms with Gasteiger partial charge in [0.25, 0.3) is 0 Å². The van der Waals surface area contributed by atoms with Crippen LogP contribution in [0.2, 0.25) is 0 Å². The summed E-state index contributed by atoms with van der Waals surface area (Å²) in [5.41, 5.74) is 2.54. The molecule has 4 nitrogen and oxygen atoms in total. The van der Waals surface area contributed by atoms with Crippen molar-refractivity contribution in [2.45, 2.75) is 0 Å². The molecule has 0 radical (unpaired) electrons. The maximum atomic E-state index is 12.3. The number of nitrogens with one attached hydrogen (secondary N) is 1. The molecule has 2 aromatic carbocycles. The molecule has 4 heteroatoms. The van der Waals surface area contributed by atoms with Gasteiger partial charge in [-0.25, -0.2) is 0 Å². The van der Waals surface area contributed by atoms with Crippen molar-refractivity contribution in [3.63, 3.8) is 0 Å². The van der Waals surface area contributed by atoms with Crippen molar-refractivity contribution in [2.75, 3.05) is 37.6 Å². The Bertz CT molecular complexity index is 696. The number of para-hydroxylation sites is 1. The van der Waals surface area contributed by atoms with Crippen LogP contribution in [0.1, 0.15) is 15.9 Å². The molecule has 0 spiro atoms. The zero-order chi connectivity index (χ0) is 16.1. The van der Waals surface area contributed by atoms with Gasteiger partial charge in [0.05, 0.1) is 37.8 Å². The van der Waals surface area contributed by atoms with Crippen LogP contribution in [0.25, 0.3) is 0 Å². The van der Waals surface area contributed by atoms with Gasteiger partial charge in [0, 0.05) is 11.3 Å². The van der Waals surface area contributed by atoms with Crippen LogP contribution < -0.4 is 9.80 Å². The summed E-state index contributed by atoms with van der Waals surface area (Å²) >= 11 is 0. The number of Topliss-reactive ketones (excluding diaryl/α,β-unsaturated/α-hetero) is 1. The molecular weight excluding hydrogens is 286 g/mol.